The molecule has 0 saturated carbocycles. The smallest absolute Gasteiger partial charge is 0.255 e. The quantitative estimate of drug-likeness (QED) is 0.714. The number of carbonyl (C=O) groups excluding carboxylic acids is 2. The number of rotatable bonds is 5. The Morgan fingerprint density at radius 3 is 2.08 bits per heavy atom. The Morgan fingerprint density at radius 2 is 1.40 bits per heavy atom. The standard InChI is InChI=1S/C21H17NO3/c1-25-19-9-5-8-17(14-19)21(24)22-18-12-10-16(11-13-18)20(23)15-6-3-2-4-7-15/h2-14H,1H3,(H,22,24). The third-order valence-electron chi connectivity index (χ3n) is 3.77. The lowest BCUT2D eigenvalue weighted by Gasteiger charge is -2.08. The van der Waals surface area contributed by atoms with Crippen molar-refractivity contribution in [2.45, 2.75) is 0 Å². The van der Waals surface area contributed by atoms with Crippen LogP contribution in [0.3, 0.4) is 0 Å². The fourth-order valence-corrected chi connectivity index (χ4v) is 2.43. The van der Waals surface area contributed by atoms with Gasteiger partial charge >= 0.3 is 0 Å². The molecule has 3 aromatic carbocycles. The monoisotopic (exact) mass is 331 g/mol. The predicted molar refractivity (Wildman–Crippen MR) is 97.3 cm³/mol. The third-order valence-corrected chi connectivity index (χ3v) is 3.77. The minimum atomic E-state index is -0.235. The van der Waals surface area contributed by atoms with Crippen molar-refractivity contribution in [2.24, 2.45) is 0 Å². The van der Waals surface area contributed by atoms with Crippen molar-refractivity contribution in [1.82, 2.24) is 0 Å². The molecular weight excluding hydrogens is 314 g/mol. The largest absolute Gasteiger partial charge is 0.497 e. The maximum atomic E-state index is 12.4. The average Bonchev–Trinajstić information content (AvgIpc) is 2.68. The highest BCUT2D eigenvalue weighted by Crippen LogP contribution is 2.17. The summed E-state index contributed by atoms with van der Waals surface area (Å²) in [5, 5.41) is 2.81. The number of carbonyl (C=O) groups is 2. The van der Waals surface area contributed by atoms with Crippen LogP contribution in [0.5, 0.6) is 5.75 Å². The van der Waals surface area contributed by atoms with Crippen LogP contribution in [0.1, 0.15) is 26.3 Å². The molecular formula is C21H17NO3. The van der Waals surface area contributed by atoms with E-state index >= 15 is 0 Å². The predicted octanol–water partition coefficient (Wildman–Crippen LogP) is 4.18. The maximum absolute atomic E-state index is 12.4. The molecule has 0 bridgehead atoms. The number of ether oxygens (including phenoxy) is 1. The Hall–Kier alpha value is -3.40. The third kappa shape index (κ3) is 3.93. The Morgan fingerprint density at radius 1 is 0.760 bits per heavy atom. The Bertz CT molecular complexity index is 887. The summed E-state index contributed by atoms with van der Waals surface area (Å²) in [4.78, 5) is 24.7. The lowest BCUT2D eigenvalue weighted by Crippen LogP contribution is -2.12. The van der Waals surface area contributed by atoms with Gasteiger partial charge in [-0.3, -0.25) is 9.59 Å². The summed E-state index contributed by atoms with van der Waals surface area (Å²) >= 11 is 0. The number of hydrogen-bond donors (Lipinski definition) is 1. The molecule has 0 atom stereocenters. The molecule has 1 N–H and O–H groups in total. The van der Waals surface area contributed by atoms with Crippen molar-refractivity contribution in [3.8, 4) is 5.75 Å². The number of nitrogens with one attached hydrogen (secondary N) is 1. The zero-order valence-electron chi connectivity index (χ0n) is 13.7. The summed E-state index contributed by atoms with van der Waals surface area (Å²) in [6, 6.07) is 22.8. The van der Waals surface area contributed by atoms with Crippen LogP contribution >= 0.6 is 0 Å². The number of ketones is 1. The zero-order valence-corrected chi connectivity index (χ0v) is 13.7. The van der Waals surface area contributed by atoms with E-state index in [2.05, 4.69) is 5.32 Å². The van der Waals surface area contributed by atoms with E-state index in [0.29, 0.717) is 28.1 Å². The van der Waals surface area contributed by atoms with Crippen LogP contribution in [0.25, 0.3) is 0 Å². The van der Waals surface area contributed by atoms with Crippen molar-refractivity contribution in [3.05, 3.63) is 95.6 Å². The lowest BCUT2D eigenvalue weighted by atomic mass is 10.0. The van der Waals surface area contributed by atoms with Gasteiger partial charge in [-0.2, -0.15) is 0 Å². The van der Waals surface area contributed by atoms with Crippen molar-refractivity contribution in [3.63, 3.8) is 0 Å². The molecule has 3 rings (SSSR count). The Kier molecular flexibility index (Phi) is 4.90. The van der Waals surface area contributed by atoms with Crippen LogP contribution < -0.4 is 10.1 Å². The molecule has 0 radical (unpaired) electrons. The van der Waals surface area contributed by atoms with Crippen LogP contribution in [0.4, 0.5) is 5.69 Å². The molecule has 0 unspecified atom stereocenters. The minimum absolute atomic E-state index is 0.0497. The van der Waals surface area contributed by atoms with E-state index in [9.17, 15) is 9.59 Å². The van der Waals surface area contributed by atoms with Crippen LogP contribution in [0.2, 0.25) is 0 Å². The van der Waals surface area contributed by atoms with Gasteiger partial charge in [-0.15, -0.1) is 0 Å². The number of amides is 1. The van der Waals surface area contributed by atoms with Crippen LogP contribution in [-0.2, 0) is 0 Å². The van der Waals surface area contributed by atoms with Gasteiger partial charge in [-0.1, -0.05) is 36.4 Å². The fourth-order valence-electron chi connectivity index (χ4n) is 2.43. The van der Waals surface area contributed by atoms with Gasteiger partial charge < -0.3 is 10.1 Å². The summed E-state index contributed by atoms with van der Waals surface area (Å²) < 4.78 is 5.12. The van der Waals surface area contributed by atoms with E-state index in [-0.39, 0.29) is 11.7 Å². The zero-order chi connectivity index (χ0) is 17.6. The molecule has 0 heterocycles. The van der Waals surface area contributed by atoms with Crippen molar-refractivity contribution < 1.29 is 14.3 Å². The molecule has 0 aliphatic carbocycles. The molecule has 0 fully saturated rings. The molecule has 124 valence electrons. The summed E-state index contributed by atoms with van der Waals surface area (Å²) in [7, 11) is 1.56. The van der Waals surface area contributed by atoms with Gasteiger partial charge in [-0.05, 0) is 42.5 Å². The van der Waals surface area contributed by atoms with E-state index in [1.165, 1.54) is 0 Å². The van der Waals surface area contributed by atoms with Crippen molar-refractivity contribution in [1.29, 1.82) is 0 Å². The summed E-state index contributed by atoms with van der Waals surface area (Å²) in [5.41, 5.74) is 2.34. The topological polar surface area (TPSA) is 55.4 Å². The first-order valence-corrected chi connectivity index (χ1v) is 7.82. The summed E-state index contributed by atoms with van der Waals surface area (Å²) in [6.07, 6.45) is 0. The average molecular weight is 331 g/mol. The van der Waals surface area contributed by atoms with Gasteiger partial charge in [0.05, 0.1) is 7.11 Å². The molecule has 0 aromatic heterocycles. The molecule has 0 aliphatic rings. The van der Waals surface area contributed by atoms with E-state index in [1.54, 1.807) is 67.8 Å². The highest BCUT2D eigenvalue weighted by atomic mass is 16.5. The second-order valence-electron chi connectivity index (χ2n) is 5.46. The molecule has 0 aliphatic heterocycles. The molecule has 25 heavy (non-hydrogen) atoms. The molecule has 4 heteroatoms. The van der Waals surface area contributed by atoms with Gasteiger partial charge in [-0.25, -0.2) is 0 Å². The van der Waals surface area contributed by atoms with Crippen LogP contribution in [0.15, 0.2) is 78.9 Å². The first-order valence-electron chi connectivity index (χ1n) is 7.82. The number of hydrogen-bond acceptors (Lipinski definition) is 3. The van der Waals surface area contributed by atoms with E-state index in [0.717, 1.165) is 0 Å². The molecule has 3 aromatic rings. The van der Waals surface area contributed by atoms with Gasteiger partial charge in [0.15, 0.2) is 5.78 Å². The number of benzene rings is 3. The van der Waals surface area contributed by atoms with Gasteiger partial charge in [0, 0.05) is 22.4 Å². The maximum Gasteiger partial charge on any atom is 0.255 e. The molecule has 1 amide bonds. The Balaban J connectivity index is 1.72. The minimum Gasteiger partial charge on any atom is -0.497 e. The number of methoxy groups -OCH3 is 1. The van der Waals surface area contributed by atoms with Crippen molar-refractivity contribution in [2.75, 3.05) is 12.4 Å². The molecule has 0 saturated heterocycles. The SMILES string of the molecule is COc1cccc(C(=O)Nc2ccc(C(=O)c3ccccc3)cc2)c1. The molecule has 0 spiro atoms. The van der Waals surface area contributed by atoms with Gasteiger partial charge in [0.1, 0.15) is 5.75 Å². The highest BCUT2D eigenvalue weighted by molar-refractivity contribution is 6.09. The summed E-state index contributed by atoms with van der Waals surface area (Å²) in [6.45, 7) is 0. The first-order chi connectivity index (χ1) is 12.2. The van der Waals surface area contributed by atoms with E-state index < -0.39 is 0 Å². The van der Waals surface area contributed by atoms with Gasteiger partial charge in [0.25, 0.3) is 5.91 Å². The van der Waals surface area contributed by atoms with E-state index in [4.69, 9.17) is 4.74 Å². The Labute approximate surface area is 146 Å². The van der Waals surface area contributed by atoms with E-state index in [1.807, 2.05) is 18.2 Å². The lowest BCUT2D eigenvalue weighted by molar-refractivity contribution is 0.102. The highest BCUT2D eigenvalue weighted by Gasteiger charge is 2.10. The molecule has 4 nitrogen and oxygen atoms in total. The first kappa shape index (κ1) is 16.5. The van der Waals surface area contributed by atoms with Gasteiger partial charge in [0.2, 0.25) is 0 Å². The summed E-state index contributed by atoms with van der Waals surface area (Å²) in [5.74, 6) is 0.337. The number of anilines is 1. The van der Waals surface area contributed by atoms with Crippen LogP contribution in [-0.4, -0.2) is 18.8 Å². The second kappa shape index (κ2) is 7.45. The normalized spacial score (nSPS) is 10.1. The second-order valence-corrected chi connectivity index (χ2v) is 5.46. The van der Waals surface area contributed by atoms with Crippen LogP contribution in [0, 0.1) is 0 Å². The van der Waals surface area contributed by atoms with Crippen molar-refractivity contribution >= 4 is 17.4 Å². The fraction of sp³-hybridized carbons (Fsp3) is 0.0476.